The van der Waals surface area contributed by atoms with E-state index < -0.39 is 5.82 Å². The summed E-state index contributed by atoms with van der Waals surface area (Å²) in [5, 5.41) is 2.64. The number of para-hydroxylation sites is 1. The summed E-state index contributed by atoms with van der Waals surface area (Å²) in [6, 6.07) is 16.6. The summed E-state index contributed by atoms with van der Waals surface area (Å²) in [6.45, 7) is 3.08. The number of likely N-dealkylation sites (tertiary alicyclic amines) is 1. The van der Waals surface area contributed by atoms with Gasteiger partial charge in [0, 0.05) is 32.0 Å². The number of amides is 1. The highest BCUT2D eigenvalue weighted by Gasteiger charge is 2.32. The molecule has 2 aromatic carbocycles. The Bertz CT molecular complexity index is 707. The number of nitrogens with two attached hydrogens (primary N) is 1. The Balaban J connectivity index is 1.53. The second-order valence-corrected chi connectivity index (χ2v) is 6.55. The van der Waals surface area contributed by atoms with Crippen molar-refractivity contribution < 1.29 is 9.18 Å². The summed E-state index contributed by atoms with van der Waals surface area (Å²) in [7, 11) is 0. The van der Waals surface area contributed by atoms with E-state index in [0.717, 1.165) is 13.1 Å². The molecular formula is C20H24FN3O. The van der Waals surface area contributed by atoms with Crippen molar-refractivity contribution in [2.75, 3.05) is 31.5 Å². The minimum absolute atomic E-state index is 0.169. The maximum Gasteiger partial charge on any atom is 0.225 e. The van der Waals surface area contributed by atoms with Gasteiger partial charge in [0.25, 0.3) is 0 Å². The molecule has 0 unspecified atom stereocenters. The van der Waals surface area contributed by atoms with Crippen LogP contribution >= 0.6 is 0 Å². The summed E-state index contributed by atoms with van der Waals surface area (Å²) in [5.74, 6) is 0.222. The van der Waals surface area contributed by atoms with E-state index in [0.29, 0.717) is 31.3 Å². The average molecular weight is 341 g/mol. The molecule has 1 fully saturated rings. The van der Waals surface area contributed by atoms with Crippen LogP contribution in [0.4, 0.5) is 10.1 Å². The Morgan fingerprint density at radius 2 is 1.84 bits per heavy atom. The molecule has 1 heterocycles. The Morgan fingerprint density at radius 1 is 1.12 bits per heavy atom. The van der Waals surface area contributed by atoms with Gasteiger partial charge in [-0.3, -0.25) is 4.79 Å². The second-order valence-electron chi connectivity index (χ2n) is 6.55. The highest BCUT2D eigenvalue weighted by Crippen LogP contribution is 2.31. The standard InChI is InChI=1S/C20H24FN3O/c21-18-8-4-5-9-19(18)23-20(25)10-11-24-13-16(12-22)17(14-24)15-6-2-1-3-7-15/h1-9,16-17H,10-14,22H2,(H,23,25)/t16-,17+/m1/s1. The van der Waals surface area contributed by atoms with Crippen LogP contribution in [0.15, 0.2) is 54.6 Å². The molecule has 1 saturated heterocycles. The number of anilines is 1. The van der Waals surface area contributed by atoms with Gasteiger partial charge in [-0.05, 0) is 30.2 Å². The molecule has 2 atom stereocenters. The van der Waals surface area contributed by atoms with Gasteiger partial charge in [-0.2, -0.15) is 0 Å². The largest absolute Gasteiger partial charge is 0.330 e. The van der Waals surface area contributed by atoms with Crippen molar-refractivity contribution in [3.63, 3.8) is 0 Å². The molecule has 0 aromatic heterocycles. The first kappa shape index (κ1) is 17.6. The molecule has 5 heteroatoms. The number of rotatable bonds is 6. The van der Waals surface area contributed by atoms with Gasteiger partial charge in [0.15, 0.2) is 0 Å². The molecule has 0 bridgehead atoms. The molecule has 1 aliphatic rings. The third kappa shape index (κ3) is 4.44. The highest BCUT2D eigenvalue weighted by molar-refractivity contribution is 5.90. The van der Waals surface area contributed by atoms with Crippen molar-refractivity contribution in [3.05, 3.63) is 66.0 Å². The highest BCUT2D eigenvalue weighted by atomic mass is 19.1. The molecule has 0 aliphatic carbocycles. The lowest BCUT2D eigenvalue weighted by Gasteiger charge is -2.16. The van der Waals surface area contributed by atoms with Crippen LogP contribution in [0.3, 0.4) is 0 Å². The number of benzene rings is 2. The van der Waals surface area contributed by atoms with E-state index in [1.807, 2.05) is 18.2 Å². The fourth-order valence-corrected chi connectivity index (χ4v) is 3.49. The number of carbonyl (C=O) groups excluding carboxylic acids is 1. The minimum Gasteiger partial charge on any atom is -0.330 e. The summed E-state index contributed by atoms with van der Waals surface area (Å²) in [5.41, 5.74) is 7.49. The zero-order chi connectivity index (χ0) is 17.6. The van der Waals surface area contributed by atoms with E-state index >= 15 is 0 Å². The van der Waals surface area contributed by atoms with Gasteiger partial charge >= 0.3 is 0 Å². The summed E-state index contributed by atoms with van der Waals surface area (Å²) in [6.07, 6.45) is 0.340. The predicted molar refractivity (Wildman–Crippen MR) is 97.8 cm³/mol. The predicted octanol–water partition coefficient (Wildman–Crippen LogP) is 2.83. The van der Waals surface area contributed by atoms with Gasteiger partial charge in [-0.1, -0.05) is 42.5 Å². The number of hydrogen-bond donors (Lipinski definition) is 2. The van der Waals surface area contributed by atoms with E-state index in [1.165, 1.54) is 11.6 Å². The lowest BCUT2D eigenvalue weighted by molar-refractivity contribution is -0.116. The molecule has 25 heavy (non-hydrogen) atoms. The molecule has 1 amide bonds. The first-order valence-corrected chi connectivity index (χ1v) is 8.69. The van der Waals surface area contributed by atoms with Gasteiger partial charge in [-0.25, -0.2) is 4.39 Å². The molecule has 3 N–H and O–H groups in total. The topological polar surface area (TPSA) is 58.4 Å². The molecule has 4 nitrogen and oxygen atoms in total. The maximum absolute atomic E-state index is 13.6. The Morgan fingerprint density at radius 3 is 2.56 bits per heavy atom. The van der Waals surface area contributed by atoms with Crippen LogP contribution in [-0.2, 0) is 4.79 Å². The summed E-state index contributed by atoms with van der Waals surface area (Å²) in [4.78, 5) is 14.4. The van der Waals surface area contributed by atoms with Crippen LogP contribution in [0.2, 0.25) is 0 Å². The first-order valence-electron chi connectivity index (χ1n) is 8.69. The van der Waals surface area contributed by atoms with Crippen molar-refractivity contribution in [1.29, 1.82) is 0 Å². The Kier molecular flexibility index (Phi) is 5.79. The number of nitrogens with zero attached hydrogens (tertiary/aromatic N) is 1. The van der Waals surface area contributed by atoms with Gasteiger partial charge in [-0.15, -0.1) is 0 Å². The Hall–Kier alpha value is -2.24. The maximum atomic E-state index is 13.6. The molecule has 3 rings (SSSR count). The van der Waals surface area contributed by atoms with Crippen molar-refractivity contribution >= 4 is 11.6 Å². The van der Waals surface area contributed by atoms with Crippen molar-refractivity contribution in [1.82, 2.24) is 4.90 Å². The third-order valence-electron chi connectivity index (χ3n) is 4.85. The summed E-state index contributed by atoms with van der Waals surface area (Å²) < 4.78 is 13.6. The van der Waals surface area contributed by atoms with Gasteiger partial charge < -0.3 is 16.0 Å². The minimum atomic E-state index is -0.413. The lowest BCUT2D eigenvalue weighted by atomic mass is 9.89. The van der Waals surface area contributed by atoms with Gasteiger partial charge in [0.1, 0.15) is 5.82 Å². The first-order chi connectivity index (χ1) is 12.2. The number of carbonyl (C=O) groups is 1. The fraction of sp³-hybridized carbons (Fsp3) is 0.350. The zero-order valence-corrected chi connectivity index (χ0v) is 14.2. The molecule has 1 aliphatic heterocycles. The zero-order valence-electron chi connectivity index (χ0n) is 14.2. The molecule has 0 saturated carbocycles. The van der Waals surface area contributed by atoms with Crippen molar-refractivity contribution in [2.24, 2.45) is 11.7 Å². The molecular weight excluding hydrogens is 317 g/mol. The van der Waals surface area contributed by atoms with E-state index in [1.54, 1.807) is 18.2 Å². The molecule has 0 spiro atoms. The van der Waals surface area contributed by atoms with Crippen molar-refractivity contribution in [2.45, 2.75) is 12.3 Å². The average Bonchev–Trinajstić information content (AvgIpc) is 3.06. The van der Waals surface area contributed by atoms with E-state index in [4.69, 9.17) is 5.73 Å². The fourth-order valence-electron chi connectivity index (χ4n) is 3.49. The molecule has 0 radical (unpaired) electrons. The second kappa shape index (κ2) is 8.23. The number of halogens is 1. The number of hydrogen-bond acceptors (Lipinski definition) is 3. The SMILES string of the molecule is NC[C@@H]1CN(CCC(=O)Nc2ccccc2F)C[C@H]1c1ccccc1. The lowest BCUT2D eigenvalue weighted by Crippen LogP contribution is -2.27. The van der Waals surface area contributed by atoms with Crippen LogP contribution in [0.5, 0.6) is 0 Å². The van der Waals surface area contributed by atoms with Crippen LogP contribution in [0.25, 0.3) is 0 Å². The monoisotopic (exact) mass is 341 g/mol. The van der Waals surface area contributed by atoms with Crippen LogP contribution in [0.1, 0.15) is 17.9 Å². The van der Waals surface area contributed by atoms with Crippen LogP contribution in [-0.4, -0.2) is 37.0 Å². The quantitative estimate of drug-likeness (QED) is 0.849. The van der Waals surface area contributed by atoms with E-state index in [-0.39, 0.29) is 11.6 Å². The third-order valence-corrected chi connectivity index (χ3v) is 4.85. The smallest absolute Gasteiger partial charge is 0.225 e. The summed E-state index contributed by atoms with van der Waals surface area (Å²) >= 11 is 0. The molecule has 132 valence electrons. The molecule has 2 aromatic rings. The van der Waals surface area contributed by atoms with Crippen LogP contribution < -0.4 is 11.1 Å². The number of nitrogens with one attached hydrogen (secondary N) is 1. The van der Waals surface area contributed by atoms with Crippen LogP contribution in [0, 0.1) is 11.7 Å². The Labute approximate surface area is 147 Å². The van der Waals surface area contributed by atoms with E-state index in [9.17, 15) is 9.18 Å². The van der Waals surface area contributed by atoms with Gasteiger partial charge in [0.05, 0.1) is 5.69 Å². The van der Waals surface area contributed by atoms with Crippen molar-refractivity contribution in [3.8, 4) is 0 Å². The van der Waals surface area contributed by atoms with E-state index in [2.05, 4.69) is 22.3 Å². The van der Waals surface area contributed by atoms with Gasteiger partial charge in [0.2, 0.25) is 5.91 Å². The normalized spacial score (nSPS) is 20.6.